The number of hydrogen-bond donors (Lipinski definition) is 2. The molecule has 112 valence electrons. The average molecular weight is 286 g/mol. The SMILES string of the molecule is Cc1cc2ccccc2n1CC(=O)NC1(CO)CCCC1. The Kier molecular flexibility index (Phi) is 3.72. The Hall–Kier alpha value is -1.81. The van der Waals surface area contributed by atoms with Crippen molar-refractivity contribution in [1.82, 2.24) is 9.88 Å². The van der Waals surface area contributed by atoms with Gasteiger partial charge in [-0.05, 0) is 37.3 Å². The van der Waals surface area contributed by atoms with Gasteiger partial charge in [0.2, 0.25) is 5.91 Å². The molecule has 2 aromatic rings. The zero-order chi connectivity index (χ0) is 14.9. The molecule has 0 spiro atoms. The quantitative estimate of drug-likeness (QED) is 0.906. The zero-order valence-electron chi connectivity index (χ0n) is 12.4. The van der Waals surface area contributed by atoms with Gasteiger partial charge in [0.05, 0.1) is 12.1 Å². The van der Waals surface area contributed by atoms with E-state index >= 15 is 0 Å². The van der Waals surface area contributed by atoms with Crippen LogP contribution in [-0.2, 0) is 11.3 Å². The van der Waals surface area contributed by atoms with Crippen LogP contribution in [0.2, 0.25) is 0 Å². The molecule has 0 saturated heterocycles. The number of aryl methyl sites for hydroxylation is 1. The van der Waals surface area contributed by atoms with Crippen LogP contribution >= 0.6 is 0 Å². The third kappa shape index (κ3) is 2.68. The van der Waals surface area contributed by atoms with Gasteiger partial charge in [-0.25, -0.2) is 0 Å². The molecule has 4 heteroatoms. The molecule has 0 aliphatic heterocycles. The molecule has 4 nitrogen and oxygen atoms in total. The van der Waals surface area contributed by atoms with Crippen LogP contribution in [-0.4, -0.2) is 27.7 Å². The summed E-state index contributed by atoms with van der Waals surface area (Å²) in [4.78, 5) is 12.4. The van der Waals surface area contributed by atoms with Crippen LogP contribution < -0.4 is 5.32 Å². The number of aliphatic hydroxyl groups is 1. The number of para-hydroxylation sites is 1. The molecule has 1 aromatic heterocycles. The standard InChI is InChI=1S/C17H22N2O2/c1-13-10-14-6-2-3-7-15(14)19(13)11-16(21)18-17(12-20)8-4-5-9-17/h2-3,6-7,10,20H,4-5,8-9,11-12H2,1H3,(H,18,21). The maximum atomic E-state index is 12.4. The second-order valence-corrected chi connectivity index (χ2v) is 6.12. The first-order valence-electron chi connectivity index (χ1n) is 7.60. The van der Waals surface area contributed by atoms with E-state index in [4.69, 9.17) is 0 Å². The Balaban J connectivity index is 1.79. The Morgan fingerprint density at radius 2 is 2.05 bits per heavy atom. The average Bonchev–Trinajstić information content (AvgIpc) is 3.05. The summed E-state index contributed by atoms with van der Waals surface area (Å²) in [6.07, 6.45) is 3.90. The normalized spacial score (nSPS) is 17.2. The number of rotatable bonds is 4. The molecule has 3 rings (SSSR count). The number of aromatic nitrogens is 1. The molecule has 1 aromatic carbocycles. The molecule has 0 radical (unpaired) electrons. The fraction of sp³-hybridized carbons (Fsp3) is 0.471. The third-order valence-corrected chi connectivity index (χ3v) is 4.59. The predicted molar refractivity (Wildman–Crippen MR) is 83.1 cm³/mol. The molecule has 1 heterocycles. The maximum absolute atomic E-state index is 12.4. The number of nitrogens with one attached hydrogen (secondary N) is 1. The molecule has 1 saturated carbocycles. The summed E-state index contributed by atoms with van der Waals surface area (Å²) in [6.45, 7) is 2.36. The van der Waals surface area contributed by atoms with Crippen LogP contribution in [0.3, 0.4) is 0 Å². The first-order valence-corrected chi connectivity index (χ1v) is 7.60. The Morgan fingerprint density at radius 1 is 1.33 bits per heavy atom. The lowest BCUT2D eigenvalue weighted by atomic mass is 9.99. The number of nitrogens with zero attached hydrogens (tertiary/aromatic N) is 1. The molecular formula is C17H22N2O2. The molecule has 0 unspecified atom stereocenters. The van der Waals surface area contributed by atoms with E-state index in [-0.39, 0.29) is 12.5 Å². The van der Waals surface area contributed by atoms with Crippen LogP contribution in [0.5, 0.6) is 0 Å². The smallest absolute Gasteiger partial charge is 0.240 e. The second-order valence-electron chi connectivity index (χ2n) is 6.12. The van der Waals surface area contributed by atoms with Crippen molar-refractivity contribution < 1.29 is 9.90 Å². The van der Waals surface area contributed by atoms with Crippen LogP contribution in [0.25, 0.3) is 10.9 Å². The minimum absolute atomic E-state index is 0.0181. The summed E-state index contributed by atoms with van der Waals surface area (Å²) < 4.78 is 2.03. The van der Waals surface area contributed by atoms with E-state index in [1.807, 2.05) is 29.7 Å². The van der Waals surface area contributed by atoms with Gasteiger partial charge in [0, 0.05) is 11.2 Å². The van der Waals surface area contributed by atoms with Gasteiger partial charge < -0.3 is 15.0 Å². The van der Waals surface area contributed by atoms with Gasteiger partial charge in [-0.15, -0.1) is 0 Å². The van der Waals surface area contributed by atoms with Crippen molar-refractivity contribution in [3.05, 3.63) is 36.0 Å². The number of hydrogen-bond acceptors (Lipinski definition) is 2. The highest BCUT2D eigenvalue weighted by Crippen LogP contribution is 2.29. The summed E-state index contributed by atoms with van der Waals surface area (Å²) in [5.74, 6) is -0.0181. The second kappa shape index (κ2) is 5.53. The topological polar surface area (TPSA) is 54.3 Å². The Labute approximate surface area is 124 Å². The lowest BCUT2D eigenvalue weighted by molar-refractivity contribution is -0.124. The number of carbonyl (C=O) groups is 1. The number of benzene rings is 1. The lowest BCUT2D eigenvalue weighted by Gasteiger charge is -2.28. The Morgan fingerprint density at radius 3 is 2.76 bits per heavy atom. The first kappa shape index (κ1) is 14.1. The molecule has 1 aliphatic carbocycles. The summed E-state index contributed by atoms with van der Waals surface area (Å²) in [6, 6.07) is 10.2. The summed E-state index contributed by atoms with van der Waals surface area (Å²) >= 11 is 0. The minimum atomic E-state index is -0.395. The first-order chi connectivity index (χ1) is 10.1. The van der Waals surface area contributed by atoms with Crippen molar-refractivity contribution in [1.29, 1.82) is 0 Å². The molecule has 21 heavy (non-hydrogen) atoms. The highest BCUT2D eigenvalue weighted by Gasteiger charge is 2.34. The molecule has 0 bridgehead atoms. The fourth-order valence-electron chi connectivity index (χ4n) is 3.41. The van der Waals surface area contributed by atoms with E-state index in [1.54, 1.807) is 0 Å². The number of carbonyl (C=O) groups excluding carboxylic acids is 1. The zero-order valence-corrected chi connectivity index (χ0v) is 12.4. The van der Waals surface area contributed by atoms with E-state index in [2.05, 4.69) is 17.4 Å². The molecule has 1 fully saturated rings. The van der Waals surface area contributed by atoms with Crippen molar-refractivity contribution in [2.75, 3.05) is 6.61 Å². The summed E-state index contributed by atoms with van der Waals surface area (Å²) in [7, 11) is 0. The van der Waals surface area contributed by atoms with Gasteiger partial charge in [-0.2, -0.15) is 0 Å². The molecule has 0 atom stereocenters. The van der Waals surface area contributed by atoms with Crippen molar-refractivity contribution in [3.63, 3.8) is 0 Å². The van der Waals surface area contributed by atoms with Crippen molar-refractivity contribution in [2.45, 2.75) is 44.7 Å². The summed E-state index contributed by atoms with van der Waals surface area (Å²) in [5.41, 5.74) is 1.76. The molecule has 1 aliphatic rings. The monoisotopic (exact) mass is 286 g/mol. The van der Waals surface area contributed by atoms with E-state index < -0.39 is 5.54 Å². The molecule has 2 N–H and O–H groups in total. The van der Waals surface area contributed by atoms with Gasteiger partial charge in [0.15, 0.2) is 0 Å². The highest BCUT2D eigenvalue weighted by atomic mass is 16.3. The van der Waals surface area contributed by atoms with Crippen LogP contribution in [0.4, 0.5) is 0 Å². The van der Waals surface area contributed by atoms with E-state index in [0.29, 0.717) is 6.54 Å². The van der Waals surface area contributed by atoms with Crippen molar-refractivity contribution in [2.24, 2.45) is 0 Å². The van der Waals surface area contributed by atoms with Crippen molar-refractivity contribution >= 4 is 16.8 Å². The van der Waals surface area contributed by atoms with Gasteiger partial charge in [0.1, 0.15) is 6.54 Å². The number of amides is 1. The summed E-state index contributed by atoms with van der Waals surface area (Å²) in [5, 5.41) is 13.8. The van der Waals surface area contributed by atoms with Gasteiger partial charge >= 0.3 is 0 Å². The van der Waals surface area contributed by atoms with Gasteiger partial charge in [-0.3, -0.25) is 4.79 Å². The Bertz CT molecular complexity index is 654. The van der Waals surface area contributed by atoms with Gasteiger partial charge in [-0.1, -0.05) is 31.0 Å². The van der Waals surface area contributed by atoms with Crippen LogP contribution in [0.1, 0.15) is 31.4 Å². The number of fused-ring (bicyclic) bond motifs is 1. The van der Waals surface area contributed by atoms with Crippen molar-refractivity contribution in [3.8, 4) is 0 Å². The van der Waals surface area contributed by atoms with E-state index in [1.165, 1.54) is 0 Å². The van der Waals surface area contributed by atoms with E-state index in [9.17, 15) is 9.90 Å². The van der Waals surface area contributed by atoms with Crippen LogP contribution in [0.15, 0.2) is 30.3 Å². The largest absolute Gasteiger partial charge is 0.394 e. The third-order valence-electron chi connectivity index (χ3n) is 4.59. The minimum Gasteiger partial charge on any atom is -0.394 e. The predicted octanol–water partition coefficient (Wildman–Crippen LogP) is 2.37. The van der Waals surface area contributed by atoms with Gasteiger partial charge in [0.25, 0.3) is 0 Å². The highest BCUT2D eigenvalue weighted by molar-refractivity contribution is 5.84. The lowest BCUT2D eigenvalue weighted by Crippen LogP contribution is -2.50. The van der Waals surface area contributed by atoms with Crippen LogP contribution in [0, 0.1) is 6.92 Å². The fourth-order valence-corrected chi connectivity index (χ4v) is 3.41. The molecule has 1 amide bonds. The maximum Gasteiger partial charge on any atom is 0.240 e. The molecular weight excluding hydrogens is 264 g/mol. The number of aliphatic hydroxyl groups excluding tert-OH is 1. The van der Waals surface area contributed by atoms with E-state index in [0.717, 1.165) is 42.3 Å².